The van der Waals surface area contributed by atoms with Gasteiger partial charge in [-0.05, 0) is 36.8 Å². The summed E-state index contributed by atoms with van der Waals surface area (Å²) in [6.07, 6.45) is 2.90. The van der Waals surface area contributed by atoms with Gasteiger partial charge in [-0.3, -0.25) is 14.9 Å². The van der Waals surface area contributed by atoms with E-state index < -0.39 is 16.8 Å². The minimum atomic E-state index is -0.499. The highest BCUT2D eigenvalue weighted by molar-refractivity contribution is 6.05. The number of aromatic nitrogens is 2. The first-order valence-electron chi connectivity index (χ1n) is 8.19. The van der Waals surface area contributed by atoms with Gasteiger partial charge in [0.1, 0.15) is 0 Å². The summed E-state index contributed by atoms with van der Waals surface area (Å²) < 4.78 is 6.13. The number of anilines is 1. The van der Waals surface area contributed by atoms with Crippen LogP contribution in [0.2, 0.25) is 0 Å². The fourth-order valence-corrected chi connectivity index (χ4v) is 2.50. The van der Waals surface area contributed by atoms with Crippen molar-refractivity contribution in [2.24, 2.45) is 0 Å². The highest BCUT2D eigenvalue weighted by atomic mass is 16.6. The van der Waals surface area contributed by atoms with Crippen LogP contribution in [0.15, 0.2) is 54.9 Å². The molecule has 9 nitrogen and oxygen atoms in total. The molecule has 1 heterocycles. The third-order valence-electron chi connectivity index (χ3n) is 4.08. The van der Waals surface area contributed by atoms with Crippen LogP contribution in [0.1, 0.15) is 26.3 Å². The average Bonchev–Trinajstić information content (AvgIpc) is 3.19. The van der Waals surface area contributed by atoms with Gasteiger partial charge in [0.15, 0.2) is 0 Å². The van der Waals surface area contributed by atoms with E-state index in [4.69, 9.17) is 0 Å². The Morgan fingerprint density at radius 3 is 2.50 bits per heavy atom. The van der Waals surface area contributed by atoms with Crippen LogP contribution in [-0.2, 0) is 4.74 Å². The van der Waals surface area contributed by atoms with E-state index in [1.165, 1.54) is 48.5 Å². The Kier molecular flexibility index (Phi) is 5.16. The first-order chi connectivity index (χ1) is 13.4. The standard InChI is InChI=1S/C19H16N4O5/c1-12-3-4-13(19(25)28-2)9-17(12)21-18(24)14-10-20-22(11-14)15-5-7-16(8-6-15)23(26)27/h3-11H,1-2H3,(H,21,24). The zero-order valence-corrected chi connectivity index (χ0v) is 15.1. The minimum absolute atomic E-state index is 0.0326. The second kappa shape index (κ2) is 7.70. The molecule has 1 amide bonds. The first kappa shape index (κ1) is 18.8. The Bertz CT molecular complexity index is 1060. The van der Waals surface area contributed by atoms with Gasteiger partial charge in [-0.15, -0.1) is 0 Å². The summed E-state index contributed by atoms with van der Waals surface area (Å²) in [5.41, 5.74) is 2.43. The molecule has 0 aliphatic heterocycles. The smallest absolute Gasteiger partial charge is 0.337 e. The van der Waals surface area contributed by atoms with Crippen LogP contribution in [0.4, 0.5) is 11.4 Å². The van der Waals surface area contributed by atoms with Gasteiger partial charge in [-0.2, -0.15) is 5.10 Å². The van der Waals surface area contributed by atoms with Crippen LogP contribution in [0.25, 0.3) is 5.69 Å². The van der Waals surface area contributed by atoms with Gasteiger partial charge in [0.05, 0.1) is 35.0 Å². The summed E-state index contributed by atoms with van der Waals surface area (Å²) >= 11 is 0. The summed E-state index contributed by atoms with van der Waals surface area (Å²) in [4.78, 5) is 34.4. The highest BCUT2D eigenvalue weighted by Gasteiger charge is 2.14. The molecule has 142 valence electrons. The zero-order chi connectivity index (χ0) is 20.3. The number of non-ortho nitro benzene ring substituents is 1. The highest BCUT2D eigenvalue weighted by Crippen LogP contribution is 2.19. The van der Waals surface area contributed by atoms with Gasteiger partial charge in [0.25, 0.3) is 11.6 Å². The number of nitrogens with zero attached hydrogens (tertiary/aromatic N) is 3. The molecule has 9 heteroatoms. The maximum absolute atomic E-state index is 12.5. The third-order valence-corrected chi connectivity index (χ3v) is 4.08. The molecule has 2 aromatic carbocycles. The fourth-order valence-electron chi connectivity index (χ4n) is 2.50. The van der Waals surface area contributed by atoms with E-state index in [1.807, 2.05) is 0 Å². The number of nitro groups is 1. The molecule has 0 spiro atoms. The SMILES string of the molecule is COC(=O)c1ccc(C)c(NC(=O)c2cnn(-c3ccc([N+](=O)[O-])cc3)c2)c1. The summed E-state index contributed by atoms with van der Waals surface area (Å²) in [6, 6.07) is 10.7. The van der Waals surface area contributed by atoms with Crippen molar-refractivity contribution in [2.45, 2.75) is 6.92 Å². The number of benzene rings is 2. The van der Waals surface area contributed by atoms with Gasteiger partial charge >= 0.3 is 5.97 Å². The first-order valence-corrected chi connectivity index (χ1v) is 8.19. The Hall–Kier alpha value is -4.01. The van der Waals surface area contributed by atoms with Crippen LogP contribution in [-0.4, -0.2) is 33.7 Å². The van der Waals surface area contributed by atoms with Crippen molar-refractivity contribution in [3.8, 4) is 5.69 Å². The average molecular weight is 380 g/mol. The molecular formula is C19H16N4O5. The molecule has 0 saturated heterocycles. The van der Waals surface area contributed by atoms with Crippen molar-refractivity contribution in [1.82, 2.24) is 9.78 Å². The topological polar surface area (TPSA) is 116 Å². The number of carbonyl (C=O) groups is 2. The molecule has 1 N–H and O–H groups in total. The lowest BCUT2D eigenvalue weighted by molar-refractivity contribution is -0.384. The van der Waals surface area contributed by atoms with E-state index in [2.05, 4.69) is 15.2 Å². The number of amides is 1. The molecule has 0 atom stereocenters. The van der Waals surface area contributed by atoms with Crippen molar-refractivity contribution in [2.75, 3.05) is 12.4 Å². The Labute approximate surface area is 159 Å². The van der Waals surface area contributed by atoms with Gasteiger partial charge in [-0.25, -0.2) is 9.48 Å². The number of esters is 1. The van der Waals surface area contributed by atoms with Gasteiger partial charge < -0.3 is 10.1 Å². The van der Waals surface area contributed by atoms with Gasteiger partial charge in [-0.1, -0.05) is 6.07 Å². The Morgan fingerprint density at radius 1 is 1.14 bits per heavy atom. The van der Waals surface area contributed by atoms with Crippen LogP contribution in [0, 0.1) is 17.0 Å². The molecule has 28 heavy (non-hydrogen) atoms. The largest absolute Gasteiger partial charge is 0.465 e. The molecule has 1 aromatic heterocycles. The van der Waals surface area contributed by atoms with E-state index in [0.717, 1.165) is 5.56 Å². The molecule has 0 aliphatic rings. The summed E-state index contributed by atoms with van der Waals surface area (Å²) in [5.74, 6) is -0.903. The number of aryl methyl sites for hydroxylation is 1. The zero-order valence-electron chi connectivity index (χ0n) is 15.1. The number of methoxy groups -OCH3 is 1. The molecule has 0 saturated carbocycles. The lowest BCUT2D eigenvalue weighted by atomic mass is 10.1. The third kappa shape index (κ3) is 3.88. The van der Waals surface area contributed by atoms with Crippen molar-refractivity contribution in [3.05, 3.63) is 81.7 Å². The molecule has 3 aromatic rings. The van der Waals surface area contributed by atoms with Gasteiger partial charge in [0, 0.05) is 24.0 Å². The number of hydrogen-bond acceptors (Lipinski definition) is 6. The maximum Gasteiger partial charge on any atom is 0.337 e. The normalized spacial score (nSPS) is 10.4. The fraction of sp³-hybridized carbons (Fsp3) is 0.105. The molecule has 0 bridgehead atoms. The molecule has 3 rings (SSSR count). The van der Waals surface area contributed by atoms with Gasteiger partial charge in [0.2, 0.25) is 0 Å². The van der Waals surface area contributed by atoms with E-state index in [1.54, 1.807) is 25.1 Å². The monoisotopic (exact) mass is 380 g/mol. The number of hydrogen-bond donors (Lipinski definition) is 1. The van der Waals surface area contributed by atoms with E-state index >= 15 is 0 Å². The molecular weight excluding hydrogens is 364 g/mol. The van der Waals surface area contributed by atoms with E-state index in [0.29, 0.717) is 22.5 Å². The lowest BCUT2D eigenvalue weighted by Gasteiger charge is -2.09. The van der Waals surface area contributed by atoms with Crippen LogP contribution in [0.5, 0.6) is 0 Å². The van der Waals surface area contributed by atoms with Crippen LogP contribution < -0.4 is 5.32 Å². The predicted molar refractivity (Wildman–Crippen MR) is 101 cm³/mol. The minimum Gasteiger partial charge on any atom is -0.465 e. The Balaban J connectivity index is 1.79. The Morgan fingerprint density at radius 2 is 1.86 bits per heavy atom. The maximum atomic E-state index is 12.5. The number of nitrogens with one attached hydrogen (secondary N) is 1. The summed E-state index contributed by atoms with van der Waals surface area (Å²) in [6.45, 7) is 1.80. The second-order valence-corrected chi connectivity index (χ2v) is 5.92. The van der Waals surface area contributed by atoms with Crippen molar-refractivity contribution in [3.63, 3.8) is 0 Å². The molecule has 0 fully saturated rings. The predicted octanol–water partition coefficient (Wildman–Crippen LogP) is 3.13. The molecule has 0 radical (unpaired) electrons. The van der Waals surface area contributed by atoms with Crippen LogP contribution >= 0.6 is 0 Å². The number of ether oxygens (including phenoxy) is 1. The van der Waals surface area contributed by atoms with Crippen molar-refractivity contribution in [1.29, 1.82) is 0 Å². The number of carbonyl (C=O) groups excluding carboxylic acids is 2. The summed E-state index contributed by atoms with van der Waals surface area (Å²) in [7, 11) is 1.28. The van der Waals surface area contributed by atoms with E-state index in [9.17, 15) is 19.7 Å². The molecule has 0 unspecified atom stereocenters. The second-order valence-electron chi connectivity index (χ2n) is 5.92. The van der Waals surface area contributed by atoms with Crippen molar-refractivity contribution >= 4 is 23.3 Å². The molecule has 0 aliphatic carbocycles. The summed E-state index contributed by atoms with van der Waals surface area (Å²) in [5, 5.41) is 17.6. The van der Waals surface area contributed by atoms with Crippen molar-refractivity contribution < 1.29 is 19.2 Å². The quantitative estimate of drug-likeness (QED) is 0.413. The lowest BCUT2D eigenvalue weighted by Crippen LogP contribution is -2.13. The van der Waals surface area contributed by atoms with E-state index in [-0.39, 0.29) is 5.69 Å². The number of rotatable bonds is 5. The number of nitro benzene ring substituents is 1. The van der Waals surface area contributed by atoms with Crippen LogP contribution in [0.3, 0.4) is 0 Å².